The summed E-state index contributed by atoms with van der Waals surface area (Å²) in [5.74, 6) is 0.296. The molecule has 0 spiro atoms. The van der Waals surface area contributed by atoms with Crippen LogP contribution in [0.25, 0.3) is 0 Å². The lowest BCUT2D eigenvalue weighted by atomic mass is 10.1. The fraction of sp³-hybridized carbons (Fsp3) is 0.700. The molecule has 0 saturated carbocycles. The molecule has 8 heteroatoms. The summed E-state index contributed by atoms with van der Waals surface area (Å²) >= 11 is 0. The van der Waals surface area contributed by atoms with Gasteiger partial charge in [-0.1, -0.05) is 6.42 Å². The second-order valence-corrected chi connectivity index (χ2v) is 6.78. The minimum Gasteiger partial charge on any atom is -0.337 e. The third-order valence-electron chi connectivity index (χ3n) is 3.08. The monoisotopic (exact) mass is 272 g/mol. The molecule has 7 nitrogen and oxygen atoms in total. The third kappa shape index (κ3) is 2.69. The minimum absolute atomic E-state index is 0.111. The highest BCUT2D eigenvalue weighted by Gasteiger charge is 2.36. The van der Waals surface area contributed by atoms with E-state index in [1.165, 1.54) is 11.2 Å². The van der Waals surface area contributed by atoms with Crippen LogP contribution in [-0.4, -0.2) is 52.5 Å². The molecule has 0 radical (unpaired) electrons. The van der Waals surface area contributed by atoms with Gasteiger partial charge in [0.25, 0.3) is 0 Å². The van der Waals surface area contributed by atoms with Gasteiger partial charge in [-0.05, 0) is 12.8 Å². The van der Waals surface area contributed by atoms with Crippen molar-refractivity contribution in [2.24, 2.45) is 0 Å². The van der Waals surface area contributed by atoms with Crippen LogP contribution in [0.2, 0.25) is 0 Å². The Hall–Kier alpha value is -1.44. The van der Waals surface area contributed by atoms with Gasteiger partial charge in [-0.15, -0.1) is 0 Å². The van der Waals surface area contributed by atoms with E-state index in [2.05, 4.69) is 15.2 Å². The Morgan fingerprint density at radius 2 is 2.33 bits per heavy atom. The molecule has 2 rings (SSSR count). The second-order valence-electron chi connectivity index (χ2n) is 4.48. The van der Waals surface area contributed by atoms with Gasteiger partial charge >= 0.3 is 0 Å². The molecule has 0 bridgehead atoms. The molecule has 0 aliphatic carbocycles. The maximum absolute atomic E-state index is 12.1. The van der Waals surface area contributed by atoms with Gasteiger partial charge in [0.05, 0.1) is 12.3 Å². The molecular weight excluding hydrogens is 256 g/mol. The molecule has 1 amide bonds. The maximum atomic E-state index is 12.1. The van der Waals surface area contributed by atoms with Gasteiger partial charge in [0, 0.05) is 7.05 Å². The fourth-order valence-corrected chi connectivity index (χ4v) is 3.99. The van der Waals surface area contributed by atoms with Crippen LogP contribution in [0.15, 0.2) is 6.33 Å². The van der Waals surface area contributed by atoms with Crippen molar-refractivity contribution in [1.82, 2.24) is 20.1 Å². The number of hydrogen-bond acceptors (Lipinski definition) is 5. The van der Waals surface area contributed by atoms with Crippen LogP contribution in [0, 0.1) is 0 Å². The molecule has 0 aromatic carbocycles. The second kappa shape index (κ2) is 5.05. The summed E-state index contributed by atoms with van der Waals surface area (Å²) in [6, 6.07) is 0. The van der Waals surface area contributed by atoms with Crippen molar-refractivity contribution in [3.63, 3.8) is 0 Å². The van der Waals surface area contributed by atoms with E-state index in [1.54, 1.807) is 7.05 Å². The van der Waals surface area contributed by atoms with Gasteiger partial charge in [0.15, 0.2) is 9.84 Å². The lowest BCUT2D eigenvalue weighted by molar-refractivity contribution is -0.130. The molecule has 1 aromatic heterocycles. The summed E-state index contributed by atoms with van der Waals surface area (Å²) in [5.41, 5.74) is 0. The van der Waals surface area contributed by atoms with Gasteiger partial charge in [-0.25, -0.2) is 13.4 Å². The molecular formula is C10H16N4O3S. The number of nitrogens with one attached hydrogen (secondary N) is 1. The molecule has 100 valence electrons. The molecule has 1 N–H and O–H groups in total. The number of nitrogens with zero attached hydrogens (tertiary/aromatic N) is 3. The third-order valence-corrected chi connectivity index (χ3v) is 5.24. The molecule has 2 heterocycles. The summed E-state index contributed by atoms with van der Waals surface area (Å²) in [7, 11) is -1.71. The Balaban J connectivity index is 2.06. The zero-order valence-corrected chi connectivity index (χ0v) is 11.0. The smallest absolute Gasteiger partial charge is 0.241 e. The van der Waals surface area contributed by atoms with Crippen molar-refractivity contribution < 1.29 is 13.2 Å². The van der Waals surface area contributed by atoms with Gasteiger partial charge < -0.3 is 4.90 Å². The molecule has 1 atom stereocenters. The Kier molecular flexibility index (Phi) is 3.65. The highest BCUT2D eigenvalue weighted by molar-refractivity contribution is 7.92. The molecule has 1 aliphatic heterocycles. The number of carbonyl (C=O) groups excluding carboxylic acids is 1. The topological polar surface area (TPSA) is 96.0 Å². The van der Waals surface area contributed by atoms with Crippen molar-refractivity contribution in [3.8, 4) is 0 Å². The van der Waals surface area contributed by atoms with E-state index in [0.29, 0.717) is 18.7 Å². The lowest BCUT2D eigenvalue weighted by Crippen LogP contribution is -2.43. The van der Waals surface area contributed by atoms with Crippen LogP contribution in [0.1, 0.15) is 25.1 Å². The molecule has 1 aromatic rings. The van der Waals surface area contributed by atoms with E-state index >= 15 is 0 Å². The Morgan fingerprint density at radius 1 is 1.56 bits per heavy atom. The number of rotatable bonds is 3. The first kappa shape index (κ1) is 13.0. The highest BCUT2D eigenvalue weighted by atomic mass is 32.2. The van der Waals surface area contributed by atoms with Crippen LogP contribution in [0.5, 0.6) is 0 Å². The number of aromatic nitrogens is 3. The predicted octanol–water partition coefficient (Wildman–Crippen LogP) is -0.270. The highest BCUT2D eigenvalue weighted by Crippen LogP contribution is 2.21. The summed E-state index contributed by atoms with van der Waals surface area (Å²) in [5, 5.41) is 5.44. The lowest BCUT2D eigenvalue weighted by Gasteiger charge is -2.25. The Morgan fingerprint density at radius 3 is 2.94 bits per heavy atom. The first-order valence-electron chi connectivity index (χ1n) is 5.81. The van der Waals surface area contributed by atoms with Gasteiger partial charge in [-0.3, -0.25) is 9.89 Å². The largest absolute Gasteiger partial charge is 0.337 e. The van der Waals surface area contributed by atoms with Crippen molar-refractivity contribution in [3.05, 3.63) is 12.2 Å². The first-order chi connectivity index (χ1) is 8.50. The number of sulfone groups is 1. The number of aromatic amines is 1. The van der Waals surface area contributed by atoms with E-state index < -0.39 is 15.1 Å². The Labute approximate surface area is 106 Å². The Bertz CT molecular complexity index is 511. The van der Waals surface area contributed by atoms with Crippen molar-refractivity contribution in [1.29, 1.82) is 0 Å². The number of amides is 1. The molecule has 1 saturated heterocycles. The number of hydrogen-bond donors (Lipinski definition) is 1. The summed E-state index contributed by atoms with van der Waals surface area (Å²) < 4.78 is 23.7. The normalized spacial score (nSPS) is 22.6. The zero-order chi connectivity index (χ0) is 13.2. The average Bonchev–Trinajstić information content (AvgIpc) is 2.80. The van der Waals surface area contributed by atoms with E-state index in [9.17, 15) is 13.2 Å². The molecule has 1 fully saturated rings. The minimum atomic E-state index is -3.28. The van der Waals surface area contributed by atoms with Gasteiger partial charge in [-0.2, -0.15) is 5.10 Å². The van der Waals surface area contributed by atoms with Crippen LogP contribution < -0.4 is 0 Å². The van der Waals surface area contributed by atoms with Crippen molar-refractivity contribution in [2.45, 2.75) is 31.1 Å². The quantitative estimate of drug-likeness (QED) is 0.817. The molecule has 1 unspecified atom stereocenters. The van der Waals surface area contributed by atoms with Crippen LogP contribution in [0.4, 0.5) is 0 Å². The standard InChI is InChI=1S/C10H16N4O3S/c1-14(6-9-11-7-12-13-9)10(15)8-4-2-3-5-18(8,16)17/h7-8H,2-6H2,1H3,(H,11,12,13). The van der Waals surface area contributed by atoms with Gasteiger partial charge in [0.2, 0.25) is 5.91 Å². The average molecular weight is 272 g/mol. The van der Waals surface area contributed by atoms with Crippen molar-refractivity contribution in [2.75, 3.05) is 12.8 Å². The number of carbonyl (C=O) groups is 1. The zero-order valence-electron chi connectivity index (χ0n) is 10.2. The maximum Gasteiger partial charge on any atom is 0.241 e. The van der Waals surface area contributed by atoms with E-state index in [4.69, 9.17) is 0 Å². The first-order valence-corrected chi connectivity index (χ1v) is 7.53. The van der Waals surface area contributed by atoms with Crippen LogP contribution in [0.3, 0.4) is 0 Å². The molecule has 1 aliphatic rings. The van der Waals surface area contributed by atoms with E-state index in [-0.39, 0.29) is 18.2 Å². The molecule has 18 heavy (non-hydrogen) atoms. The summed E-state index contributed by atoms with van der Waals surface area (Å²) in [6.07, 6.45) is 3.20. The van der Waals surface area contributed by atoms with Crippen LogP contribution in [-0.2, 0) is 21.2 Å². The summed E-state index contributed by atoms with van der Waals surface area (Å²) in [6.45, 7) is 0.241. The van der Waals surface area contributed by atoms with Gasteiger partial charge in [0.1, 0.15) is 17.4 Å². The van der Waals surface area contributed by atoms with E-state index in [0.717, 1.165) is 6.42 Å². The van der Waals surface area contributed by atoms with Crippen LogP contribution >= 0.6 is 0 Å². The SMILES string of the molecule is CN(Cc1ncn[nH]1)C(=O)C1CCCCS1(=O)=O. The predicted molar refractivity (Wildman–Crippen MR) is 64.3 cm³/mol. The number of H-pyrrole nitrogens is 1. The van der Waals surface area contributed by atoms with Crippen molar-refractivity contribution >= 4 is 15.7 Å². The fourth-order valence-electron chi connectivity index (χ4n) is 2.09. The summed E-state index contributed by atoms with van der Waals surface area (Å²) in [4.78, 5) is 17.4. The van der Waals surface area contributed by atoms with E-state index in [1.807, 2.05) is 0 Å².